The van der Waals surface area contributed by atoms with E-state index in [-0.39, 0.29) is 0 Å². The van der Waals surface area contributed by atoms with Crippen molar-refractivity contribution in [3.8, 4) is 0 Å². The summed E-state index contributed by atoms with van der Waals surface area (Å²) in [7, 11) is 0. The van der Waals surface area contributed by atoms with Crippen LogP contribution in [0.3, 0.4) is 0 Å². The number of hydrogen-bond acceptors (Lipinski definition) is 12. The van der Waals surface area contributed by atoms with Gasteiger partial charge in [0, 0.05) is 0 Å². The zero-order valence-corrected chi connectivity index (χ0v) is 27.9. The fourth-order valence-electron chi connectivity index (χ4n) is 1.62. The SMILES string of the molecule is CCSP(=O)([O][In]([O]P(=O)(SCC)SCC)[O]P(=O)(SCC)SCC)SCC. The molecule has 0 amide bonds. The van der Waals surface area contributed by atoms with Crippen LogP contribution in [-0.4, -0.2) is 57.3 Å². The van der Waals surface area contributed by atoms with E-state index in [0.717, 1.165) is 0 Å². The summed E-state index contributed by atoms with van der Waals surface area (Å²) in [4.78, 5) is 0. The Balaban J connectivity index is 5.76. The van der Waals surface area contributed by atoms with Crippen molar-refractivity contribution >= 4 is 108 Å². The molecule has 0 unspecified atom stereocenters. The van der Waals surface area contributed by atoms with Gasteiger partial charge in [-0.05, 0) is 0 Å². The summed E-state index contributed by atoms with van der Waals surface area (Å²) in [5, 5.41) is 0. The second-order valence-corrected chi connectivity index (χ2v) is 35.2. The summed E-state index contributed by atoms with van der Waals surface area (Å²) in [6, 6.07) is 0. The van der Waals surface area contributed by atoms with Crippen LogP contribution in [0.25, 0.3) is 0 Å². The van der Waals surface area contributed by atoms with Crippen molar-refractivity contribution in [3.05, 3.63) is 0 Å². The molecule has 0 saturated carbocycles. The molecular formula is C12H30InO6P3S6. The predicted molar refractivity (Wildman–Crippen MR) is 141 cm³/mol. The van der Waals surface area contributed by atoms with E-state index >= 15 is 0 Å². The first-order chi connectivity index (χ1) is 13.1. The fourth-order valence-corrected chi connectivity index (χ4v) is 46.6. The van der Waals surface area contributed by atoms with Crippen LogP contribution in [-0.2, 0) is 21.6 Å². The van der Waals surface area contributed by atoms with Crippen LogP contribution in [0.4, 0.5) is 0 Å². The monoisotopic (exact) mass is 670 g/mol. The van der Waals surface area contributed by atoms with Crippen molar-refractivity contribution in [2.24, 2.45) is 0 Å². The average molecular weight is 671 g/mol. The Hall–Kier alpha value is 3.54. The van der Waals surface area contributed by atoms with E-state index in [1.807, 2.05) is 41.5 Å². The average Bonchev–Trinajstić information content (AvgIpc) is 2.55. The van der Waals surface area contributed by atoms with Gasteiger partial charge in [-0.15, -0.1) is 0 Å². The minimum absolute atomic E-state index is 0.610. The van der Waals surface area contributed by atoms with E-state index in [1.165, 1.54) is 68.3 Å². The molecule has 0 fully saturated rings. The zero-order chi connectivity index (χ0) is 21.7. The molecule has 28 heavy (non-hydrogen) atoms. The molecule has 0 saturated heterocycles. The summed E-state index contributed by atoms with van der Waals surface area (Å²) < 4.78 is 57.5. The summed E-state index contributed by atoms with van der Waals surface area (Å²) in [5.41, 5.74) is 0. The molecule has 0 rings (SSSR count). The standard InChI is InChI=1S/3C4H11O2PS2.In/c3*1-3-8-7(5,6)9-4-2;/h3*3-4H2,1-2H3,(H,5,6);/q;;;+3/p-3. The molecule has 0 aliphatic carbocycles. The molecule has 0 heterocycles. The van der Waals surface area contributed by atoms with E-state index in [0.29, 0.717) is 34.5 Å². The molecule has 0 radical (unpaired) electrons. The molecule has 0 bridgehead atoms. The third-order valence-corrected chi connectivity index (χ3v) is 44.6. The van der Waals surface area contributed by atoms with Gasteiger partial charge in [0.1, 0.15) is 0 Å². The molecule has 168 valence electrons. The normalized spacial score (nSPS) is 13.1. The van der Waals surface area contributed by atoms with Gasteiger partial charge in [-0.25, -0.2) is 0 Å². The van der Waals surface area contributed by atoms with Gasteiger partial charge in [0.2, 0.25) is 0 Å². The van der Waals surface area contributed by atoms with E-state index in [2.05, 4.69) is 0 Å². The molecule has 0 N–H and O–H groups in total. The van der Waals surface area contributed by atoms with Gasteiger partial charge in [0.25, 0.3) is 0 Å². The minimum atomic E-state index is -4.08. The van der Waals surface area contributed by atoms with Gasteiger partial charge in [0.15, 0.2) is 0 Å². The molecule has 0 aliphatic rings. The summed E-state index contributed by atoms with van der Waals surface area (Å²) in [6.07, 6.45) is 0. The Kier molecular flexibility index (Phi) is 19.2. The van der Waals surface area contributed by atoms with Crippen molar-refractivity contribution in [2.75, 3.05) is 34.5 Å². The van der Waals surface area contributed by atoms with E-state index in [9.17, 15) is 13.7 Å². The summed E-state index contributed by atoms with van der Waals surface area (Å²) in [5.74, 6) is -5.72. The summed E-state index contributed by atoms with van der Waals surface area (Å²) in [6.45, 7) is 11.4. The zero-order valence-electron chi connectivity index (χ0n) is 17.1. The van der Waals surface area contributed by atoms with Crippen molar-refractivity contribution < 1.29 is 21.6 Å². The predicted octanol–water partition coefficient (Wildman–Crippen LogP) is 8.86. The van der Waals surface area contributed by atoms with Gasteiger partial charge >= 0.3 is 206 Å². The maximum atomic E-state index is 13.2. The van der Waals surface area contributed by atoms with Gasteiger partial charge in [-0.1, -0.05) is 0 Å². The Morgan fingerprint density at radius 1 is 0.500 bits per heavy atom. The molecule has 0 aliphatic heterocycles. The first-order valence-electron chi connectivity index (χ1n) is 8.87. The number of rotatable bonds is 18. The molecule has 16 heteroatoms. The first kappa shape index (κ1) is 31.5. The Morgan fingerprint density at radius 3 is 0.821 bits per heavy atom. The van der Waals surface area contributed by atoms with Crippen molar-refractivity contribution in [1.82, 2.24) is 0 Å². The van der Waals surface area contributed by atoms with Gasteiger partial charge in [-0.2, -0.15) is 0 Å². The van der Waals surface area contributed by atoms with Crippen LogP contribution in [0, 0.1) is 0 Å². The molecule has 0 atom stereocenters. The van der Waals surface area contributed by atoms with E-state index in [4.69, 9.17) is 7.92 Å². The molecular weight excluding hydrogens is 640 g/mol. The second-order valence-electron chi connectivity index (χ2n) is 4.45. The first-order valence-corrected chi connectivity index (χ1v) is 27.3. The Labute approximate surface area is 204 Å². The fraction of sp³-hybridized carbons (Fsp3) is 1.00. The third-order valence-electron chi connectivity index (χ3n) is 2.37. The van der Waals surface area contributed by atoms with Gasteiger partial charge < -0.3 is 0 Å². The van der Waals surface area contributed by atoms with E-state index < -0.39 is 40.1 Å². The van der Waals surface area contributed by atoms with Crippen molar-refractivity contribution in [1.29, 1.82) is 0 Å². The molecule has 0 spiro atoms. The molecule has 0 aromatic rings. The quantitative estimate of drug-likeness (QED) is 0.131. The van der Waals surface area contributed by atoms with Crippen LogP contribution < -0.4 is 0 Å². The molecule has 0 aromatic heterocycles. The van der Waals surface area contributed by atoms with E-state index in [1.54, 1.807) is 0 Å². The number of hydrogen-bond donors (Lipinski definition) is 0. The Bertz CT molecular complexity index is 468. The summed E-state index contributed by atoms with van der Waals surface area (Å²) >= 11 is 3.23. The van der Waals surface area contributed by atoms with Gasteiger partial charge in [0.05, 0.1) is 0 Å². The van der Waals surface area contributed by atoms with Crippen LogP contribution in [0.5, 0.6) is 0 Å². The molecule has 6 nitrogen and oxygen atoms in total. The third kappa shape index (κ3) is 13.3. The van der Waals surface area contributed by atoms with Crippen LogP contribution in [0.1, 0.15) is 41.5 Å². The second kappa shape index (κ2) is 17.0. The van der Waals surface area contributed by atoms with Crippen molar-refractivity contribution in [2.45, 2.75) is 41.5 Å². The van der Waals surface area contributed by atoms with Crippen LogP contribution in [0.15, 0.2) is 0 Å². The maximum absolute atomic E-state index is 13.2. The van der Waals surface area contributed by atoms with Gasteiger partial charge in [-0.3, -0.25) is 0 Å². The van der Waals surface area contributed by atoms with Crippen LogP contribution in [0.2, 0.25) is 0 Å². The van der Waals surface area contributed by atoms with Crippen LogP contribution >= 0.6 is 85.6 Å². The Morgan fingerprint density at radius 2 is 0.679 bits per heavy atom. The molecule has 0 aromatic carbocycles. The topological polar surface area (TPSA) is 78.9 Å². The van der Waals surface area contributed by atoms with Crippen molar-refractivity contribution in [3.63, 3.8) is 0 Å².